The van der Waals surface area contributed by atoms with Crippen molar-refractivity contribution in [2.24, 2.45) is 0 Å². The normalized spacial score (nSPS) is 10.5. The van der Waals surface area contributed by atoms with Crippen molar-refractivity contribution in [1.82, 2.24) is 0 Å². The molecule has 0 heterocycles. The molecule has 0 atom stereocenters. The van der Waals surface area contributed by atoms with Crippen LogP contribution in [0.1, 0.15) is 11.1 Å². The summed E-state index contributed by atoms with van der Waals surface area (Å²) < 4.78 is 12.2. The molecule has 0 aliphatic carbocycles. The van der Waals surface area contributed by atoms with E-state index in [0.717, 1.165) is 32.8 Å². The Kier molecular flexibility index (Phi) is 6.89. The average Bonchev–Trinajstić information content (AvgIpc) is 2.67. The third-order valence-electron chi connectivity index (χ3n) is 3.99. The van der Waals surface area contributed by atoms with E-state index in [1.165, 1.54) is 0 Å². The predicted molar refractivity (Wildman–Crippen MR) is 115 cm³/mol. The van der Waals surface area contributed by atoms with Crippen LogP contribution in [0.2, 0.25) is 10.0 Å². The molecule has 0 aliphatic rings. The van der Waals surface area contributed by atoms with Gasteiger partial charge in [-0.15, -0.1) is 0 Å². The highest BCUT2D eigenvalue weighted by molar-refractivity contribution is 9.10. The molecule has 3 nitrogen and oxygen atoms in total. The highest BCUT2D eigenvalue weighted by Crippen LogP contribution is 2.27. The zero-order valence-corrected chi connectivity index (χ0v) is 17.7. The second-order valence-electron chi connectivity index (χ2n) is 5.86. The Labute approximate surface area is 177 Å². The Morgan fingerprint density at radius 2 is 1.70 bits per heavy atom. The van der Waals surface area contributed by atoms with Crippen LogP contribution in [0.4, 0.5) is 5.69 Å². The summed E-state index contributed by atoms with van der Waals surface area (Å²) in [5.74, 6) is 1.62. The van der Waals surface area contributed by atoms with Gasteiger partial charge < -0.3 is 14.8 Å². The zero-order chi connectivity index (χ0) is 19.2. The molecular weight excluding hydrogens is 449 g/mol. The molecule has 0 fully saturated rings. The number of hydrogen-bond acceptors (Lipinski definition) is 3. The molecule has 3 rings (SSSR count). The van der Waals surface area contributed by atoms with Gasteiger partial charge in [-0.25, -0.2) is 0 Å². The van der Waals surface area contributed by atoms with E-state index in [1.807, 2.05) is 48.5 Å². The van der Waals surface area contributed by atoms with Crippen LogP contribution in [-0.2, 0) is 13.2 Å². The molecule has 0 aromatic heterocycles. The van der Waals surface area contributed by atoms with Gasteiger partial charge in [-0.05, 0) is 54.6 Å². The standard InChI is InChI=1S/C21H18BrCl2NO2/c1-26-19-7-5-18(6-8-19)25-12-15-10-16(22)3-9-21(15)27-13-14-2-4-17(23)11-20(14)24/h2-11,25H,12-13H2,1H3. The Bertz CT molecular complexity index is 917. The fraction of sp³-hybridized carbons (Fsp3) is 0.143. The van der Waals surface area contributed by atoms with Crippen LogP contribution in [0.25, 0.3) is 0 Å². The molecule has 0 saturated carbocycles. The minimum atomic E-state index is 0.368. The first-order valence-electron chi connectivity index (χ1n) is 8.28. The molecule has 27 heavy (non-hydrogen) atoms. The minimum absolute atomic E-state index is 0.368. The van der Waals surface area contributed by atoms with Gasteiger partial charge in [-0.2, -0.15) is 0 Å². The Morgan fingerprint density at radius 1 is 0.926 bits per heavy atom. The van der Waals surface area contributed by atoms with Crippen molar-refractivity contribution < 1.29 is 9.47 Å². The molecular formula is C21H18BrCl2NO2. The molecule has 3 aromatic rings. The molecule has 0 amide bonds. The lowest BCUT2D eigenvalue weighted by atomic mass is 10.2. The van der Waals surface area contributed by atoms with Crippen LogP contribution < -0.4 is 14.8 Å². The summed E-state index contributed by atoms with van der Waals surface area (Å²) in [7, 11) is 1.65. The molecule has 1 N–H and O–H groups in total. The van der Waals surface area contributed by atoms with Crippen LogP contribution in [-0.4, -0.2) is 7.11 Å². The number of ether oxygens (including phenoxy) is 2. The monoisotopic (exact) mass is 465 g/mol. The van der Waals surface area contributed by atoms with E-state index in [1.54, 1.807) is 19.2 Å². The Morgan fingerprint density at radius 3 is 2.41 bits per heavy atom. The van der Waals surface area contributed by atoms with Crippen molar-refractivity contribution in [2.75, 3.05) is 12.4 Å². The maximum atomic E-state index is 6.23. The third kappa shape index (κ3) is 5.55. The van der Waals surface area contributed by atoms with Crippen LogP contribution >= 0.6 is 39.1 Å². The first kappa shape index (κ1) is 19.9. The fourth-order valence-corrected chi connectivity index (χ4v) is 3.40. The van der Waals surface area contributed by atoms with E-state index in [4.69, 9.17) is 32.7 Å². The number of anilines is 1. The topological polar surface area (TPSA) is 30.5 Å². The first-order chi connectivity index (χ1) is 13.0. The van der Waals surface area contributed by atoms with Gasteiger partial charge in [0.1, 0.15) is 18.1 Å². The quantitative estimate of drug-likeness (QED) is 0.408. The molecule has 140 valence electrons. The highest BCUT2D eigenvalue weighted by atomic mass is 79.9. The number of nitrogens with one attached hydrogen (secondary N) is 1. The fourth-order valence-electron chi connectivity index (χ4n) is 2.53. The summed E-state index contributed by atoms with van der Waals surface area (Å²) >= 11 is 15.7. The molecule has 3 aromatic carbocycles. The summed E-state index contributed by atoms with van der Waals surface area (Å²) in [4.78, 5) is 0. The average molecular weight is 467 g/mol. The second kappa shape index (κ2) is 9.36. The largest absolute Gasteiger partial charge is 0.497 e. The van der Waals surface area contributed by atoms with Crippen molar-refractivity contribution in [1.29, 1.82) is 0 Å². The summed E-state index contributed by atoms with van der Waals surface area (Å²) in [6.07, 6.45) is 0. The molecule has 0 unspecified atom stereocenters. The van der Waals surface area contributed by atoms with Crippen molar-refractivity contribution in [3.8, 4) is 11.5 Å². The van der Waals surface area contributed by atoms with E-state index in [2.05, 4.69) is 21.2 Å². The first-order valence-corrected chi connectivity index (χ1v) is 9.83. The van der Waals surface area contributed by atoms with Crippen LogP contribution in [0.15, 0.2) is 65.1 Å². The van der Waals surface area contributed by atoms with Crippen LogP contribution in [0.5, 0.6) is 11.5 Å². The van der Waals surface area contributed by atoms with Gasteiger partial charge in [0.15, 0.2) is 0 Å². The molecule has 6 heteroatoms. The second-order valence-corrected chi connectivity index (χ2v) is 7.62. The van der Waals surface area contributed by atoms with Crippen LogP contribution in [0.3, 0.4) is 0 Å². The lowest BCUT2D eigenvalue weighted by molar-refractivity contribution is 0.303. The maximum Gasteiger partial charge on any atom is 0.124 e. The van der Waals surface area contributed by atoms with Crippen molar-refractivity contribution in [2.45, 2.75) is 13.2 Å². The number of benzene rings is 3. The van der Waals surface area contributed by atoms with Gasteiger partial charge in [0.2, 0.25) is 0 Å². The van der Waals surface area contributed by atoms with Crippen molar-refractivity contribution >= 4 is 44.8 Å². The van der Waals surface area contributed by atoms with Crippen molar-refractivity contribution in [3.05, 3.63) is 86.3 Å². The Balaban J connectivity index is 1.70. The predicted octanol–water partition coefficient (Wildman–Crippen LogP) is 6.96. The van der Waals surface area contributed by atoms with Gasteiger partial charge in [0, 0.05) is 37.9 Å². The number of halogens is 3. The molecule has 0 spiro atoms. The van der Waals surface area contributed by atoms with Gasteiger partial charge in [-0.1, -0.05) is 45.2 Å². The molecule has 0 bridgehead atoms. The van der Waals surface area contributed by atoms with E-state index >= 15 is 0 Å². The molecule has 0 radical (unpaired) electrons. The smallest absolute Gasteiger partial charge is 0.124 e. The molecule has 0 aliphatic heterocycles. The van der Waals surface area contributed by atoms with Gasteiger partial charge in [-0.3, -0.25) is 0 Å². The van der Waals surface area contributed by atoms with E-state index in [-0.39, 0.29) is 0 Å². The zero-order valence-electron chi connectivity index (χ0n) is 14.6. The van der Waals surface area contributed by atoms with E-state index in [0.29, 0.717) is 23.2 Å². The summed E-state index contributed by atoms with van der Waals surface area (Å²) in [6, 6.07) is 19.1. The van der Waals surface area contributed by atoms with Gasteiger partial charge >= 0.3 is 0 Å². The molecule has 0 saturated heterocycles. The summed E-state index contributed by atoms with van der Waals surface area (Å²) in [6.45, 7) is 0.989. The number of methoxy groups -OCH3 is 1. The van der Waals surface area contributed by atoms with Crippen molar-refractivity contribution in [3.63, 3.8) is 0 Å². The summed E-state index contributed by atoms with van der Waals surface area (Å²) in [5, 5.41) is 4.60. The number of rotatable bonds is 7. The highest BCUT2D eigenvalue weighted by Gasteiger charge is 2.08. The lowest BCUT2D eigenvalue weighted by Gasteiger charge is -2.14. The van der Waals surface area contributed by atoms with Gasteiger partial charge in [0.25, 0.3) is 0 Å². The summed E-state index contributed by atoms with van der Waals surface area (Å²) in [5.41, 5.74) is 2.92. The van der Waals surface area contributed by atoms with E-state index < -0.39 is 0 Å². The minimum Gasteiger partial charge on any atom is -0.497 e. The third-order valence-corrected chi connectivity index (χ3v) is 5.07. The SMILES string of the molecule is COc1ccc(NCc2cc(Br)ccc2OCc2ccc(Cl)cc2Cl)cc1. The lowest BCUT2D eigenvalue weighted by Crippen LogP contribution is -2.04. The number of hydrogen-bond donors (Lipinski definition) is 1. The maximum absolute atomic E-state index is 6.23. The van der Waals surface area contributed by atoms with E-state index in [9.17, 15) is 0 Å². The van der Waals surface area contributed by atoms with Gasteiger partial charge in [0.05, 0.1) is 7.11 Å². The van der Waals surface area contributed by atoms with Crippen LogP contribution in [0, 0.1) is 0 Å². The Hall–Kier alpha value is -1.88.